The van der Waals surface area contributed by atoms with Gasteiger partial charge in [0, 0.05) is 30.3 Å². The average Bonchev–Trinajstić information content (AvgIpc) is 3.48. The average molecular weight is 452 g/mol. The fourth-order valence-corrected chi connectivity index (χ4v) is 7.46. The van der Waals surface area contributed by atoms with Gasteiger partial charge in [-0.15, -0.1) is 0 Å². The summed E-state index contributed by atoms with van der Waals surface area (Å²) in [6.07, 6.45) is 10.1. The number of rotatable bonds is 3. The molecule has 0 aromatic heterocycles. The molecule has 0 spiro atoms. The van der Waals surface area contributed by atoms with Gasteiger partial charge in [0.15, 0.2) is 0 Å². The summed E-state index contributed by atoms with van der Waals surface area (Å²) in [6.45, 7) is 0. The number of aliphatic hydroxyl groups excluding tert-OH is 1. The predicted octanol–water partition coefficient (Wildman–Crippen LogP) is 5.74. The van der Waals surface area contributed by atoms with Gasteiger partial charge in [0.25, 0.3) is 0 Å². The summed E-state index contributed by atoms with van der Waals surface area (Å²) in [5.74, 6) is 1.35. The zero-order valence-corrected chi connectivity index (χ0v) is 17.7. The van der Waals surface area contributed by atoms with Gasteiger partial charge in [-0.05, 0) is 78.2 Å². The first-order valence-electron chi connectivity index (χ1n) is 11.0. The van der Waals surface area contributed by atoms with Crippen LogP contribution in [0.1, 0.15) is 51.4 Å². The van der Waals surface area contributed by atoms with Crippen molar-refractivity contribution in [3.05, 3.63) is 57.1 Å². The van der Waals surface area contributed by atoms with Crippen molar-refractivity contribution in [1.82, 2.24) is 0 Å². The molecule has 8 heteroatoms. The molecule has 0 aromatic rings. The van der Waals surface area contributed by atoms with E-state index in [9.17, 15) is 26.7 Å². The van der Waals surface area contributed by atoms with Crippen LogP contribution in [0.2, 0.25) is 0 Å². The van der Waals surface area contributed by atoms with Crippen LogP contribution in [0.4, 0.5) is 13.2 Å². The Hall–Kier alpha value is -1.96. The SMILES string of the molecule is O=S(=O)(OC1=C2C(=C(C3=C4C(=C(O)CC3)C3CCC4C3)CC1)C1C=CC2C1)C(F)(F)F. The minimum Gasteiger partial charge on any atom is -0.512 e. The van der Waals surface area contributed by atoms with E-state index >= 15 is 0 Å². The van der Waals surface area contributed by atoms with Gasteiger partial charge in [-0.2, -0.15) is 21.6 Å². The summed E-state index contributed by atoms with van der Waals surface area (Å²) >= 11 is 0. The Morgan fingerprint density at radius 3 is 2.16 bits per heavy atom. The molecule has 0 aliphatic heterocycles. The Morgan fingerprint density at radius 2 is 1.45 bits per heavy atom. The quantitative estimate of drug-likeness (QED) is 0.337. The Labute approximate surface area is 179 Å². The van der Waals surface area contributed by atoms with Crippen LogP contribution in [0.15, 0.2) is 57.1 Å². The lowest BCUT2D eigenvalue weighted by atomic mass is 9.73. The van der Waals surface area contributed by atoms with E-state index in [0.29, 0.717) is 36.0 Å². The van der Waals surface area contributed by atoms with E-state index in [1.54, 1.807) is 0 Å². The van der Waals surface area contributed by atoms with Crippen molar-refractivity contribution in [2.24, 2.45) is 23.7 Å². The molecule has 1 N–H and O–H groups in total. The van der Waals surface area contributed by atoms with E-state index in [2.05, 4.69) is 6.08 Å². The lowest BCUT2D eigenvalue weighted by molar-refractivity contribution is -0.0524. The first-order valence-corrected chi connectivity index (χ1v) is 12.4. The number of fused-ring (bicyclic) bond motifs is 10. The maximum Gasteiger partial charge on any atom is 0.534 e. The molecule has 166 valence electrons. The zero-order chi connectivity index (χ0) is 21.7. The molecule has 3 saturated carbocycles. The molecule has 0 saturated heterocycles. The minimum absolute atomic E-state index is 0.0408. The maximum atomic E-state index is 13.0. The molecule has 6 aliphatic carbocycles. The van der Waals surface area contributed by atoms with Gasteiger partial charge in [0.05, 0.1) is 5.76 Å². The summed E-state index contributed by atoms with van der Waals surface area (Å²) in [5, 5.41) is 10.6. The first-order chi connectivity index (χ1) is 14.7. The van der Waals surface area contributed by atoms with Crippen LogP contribution in [0.25, 0.3) is 0 Å². The van der Waals surface area contributed by atoms with Crippen LogP contribution in [-0.4, -0.2) is 19.0 Å². The number of aliphatic hydroxyl groups is 1. The van der Waals surface area contributed by atoms with Crippen molar-refractivity contribution < 1.29 is 30.9 Å². The van der Waals surface area contributed by atoms with E-state index < -0.39 is 15.6 Å². The van der Waals surface area contributed by atoms with Crippen molar-refractivity contribution in [1.29, 1.82) is 0 Å². The second-order valence-electron chi connectivity index (χ2n) is 9.51. The van der Waals surface area contributed by atoms with E-state index in [4.69, 9.17) is 4.18 Å². The molecular formula is C23H23F3O4S. The van der Waals surface area contributed by atoms with Crippen molar-refractivity contribution in [3.8, 4) is 0 Å². The summed E-state index contributed by atoms with van der Waals surface area (Å²) in [7, 11) is -5.68. The molecule has 0 radical (unpaired) electrons. The highest BCUT2D eigenvalue weighted by molar-refractivity contribution is 7.87. The van der Waals surface area contributed by atoms with Gasteiger partial charge >= 0.3 is 15.6 Å². The predicted molar refractivity (Wildman–Crippen MR) is 107 cm³/mol. The third-order valence-electron chi connectivity index (χ3n) is 7.99. The molecule has 31 heavy (non-hydrogen) atoms. The summed E-state index contributed by atoms with van der Waals surface area (Å²) in [6, 6.07) is 0. The number of alkyl halides is 3. The minimum atomic E-state index is -5.68. The highest BCUT2D eigenvalue weighted by Gasteiger charge is 2.51. The molecule has 4 nitrogen and oxygen atoms in total. The lowest BCUT2D eigenvalue weighted by Crippen LogP contribution is -2.27. The van der Waals surface area contributed by atoms with Crippen molar-refractivity contribution in [3.63, 3.8) is 0 Å². The number of hydrogen-bond acceptors (Lipinski definition) is 4. The number of halogens is 3. The Kier molecular flexibility index (Phi) is 4.01. The van der Waals surface area contributed by atoms with Crippen LogP contribution in [0.3, 0.4) is 0 Å². The number of hydrogen-bond donors (Lipinski definition) is 1. The van der Waals surface area contributed by atoms with Crippen LogP contribution in [-0.2, 0) is 14.3 Å². The summed E-state index contributed by atoms with van der Waals surface area (Å²) in [5.41, 5.74) is 1.02. The van der Waals surface area contributed by atoms with Gasteiger partial charge in [-0.3, -0.25) is 0 Å². The topological polar surface area (TPSA) is 63.6 Å². The van der Waals surface area contributed by atoms with Gasteiger partial charge in [0.1, 0.15) is 5.76 Å². The Balaban J connectivity index is 1.50. The molecule has 6 rings (SSSR count). The Bertz CT molecular complexity index is 1150. The highest BCUT2D eigenvalue weighted by Crippen LogP contribution is 2.60. The molecular weight excluding hydrogens is 429 g/mol. The largest absolute Gasteiger partial charge is 0.534 e. The second kappa shape index (κ2) is 6.30. The van der Waals surface area contributed by atoms with Gasteiger partial charge < -0.3 is 9.29 Å². The van der Waals surface area contributed by atoms with Crippen molar-refractivity contribution in [2.45, 2.75) is 56.9 Å². The molecule has 4 atom stereocenters. The maximum absolute atomic E-state index is 13.0. The molecule has 0 aromatic carbocycles. The summed E-state index contributed by atoms with van der Waals surface area (Å²) < 4.78 is 67.0. The monoisotopic (exact) mass is 452 g/mol. The van der Waals surface area contributed by atoms with E-state index in [0.717, 1.165) is 48.8 Å². The molecule has 4 bridgehead atoms. The van der Waals surface area contributed by atoms with Crippen LogP contribution in [0.5, 0.6) is 0 Å². The third-order valence-corrected chi connectivity index (χ3v) is 8.98. The highest BCUT2D eigenvalue weighted by atomic mass is 32.2. The van der Waals surface area contributed by atoms with E-state index in [1.165, 1.54) is 11.1 Å². The van der Waals surface area contributed by atoms with Crippen LogP contribution >= 0.6 is 0 Å². The zero-order valence-electron chi connectivity index (χ0n) is 16.8. The second-order valence-corrected chi connectivity index (χ2v) is 11.0. The molecule has 0 amide bonds. The van der Waals surface area contributed by atoms with E-state index in [1.807, 2.05) is 6.08 Å². The van der Waals surface area contributed by atoms with Crippen molar-refractivity contribution >= 4 is 10.1 Å². The number of allylic oxidation sites excluding steroid dienone is 10. The standard InChI is InChI=1S/C23H23F3O4S/c24-23(25,26)31(28,29)30-18-8-6-16(20-12-2-4-14(10-12)22(18)20)15-5-7-17(27)21-13-3-1-11(9-13)19(15)21/h2,4,11-14,27H,1,3,5-10H2. The molecule has 6 aliphatic rings. The smallest absolute Gasteiger partial charge is 0.512 e. The van der Waals surface area contributed by atoms with Gasteiger partial charge in [0.2, 0.25) is 0 Å². The molecule has 4 unspecified atom stereocenters. The first kappa shape index (κ1) is 19.7. The van der Waals surface area contributed by atoms with E-state index in [-0.39, 0.29) is 24.0 Å². The molecule has 0 heterocycles. The van der Waals surface area contributed by atoms with Gasteiger partial charge in [-0.1, -0.05) is 12.2 Å². The summed E-state index contributed by atoms with van der Waals surface area (Å²) in [4.78, 5) is 0. The van der Waals surface area contributed by atoms with Crippen molar-refractivity contribution in [2.75, 3.05) is 0 Å². The lowest BCUT2D eigenvalue weighted by Gasteiger charge is -2.33. The fourth-order valence-electron chi connectivity index (χ4n) is 6.93. The molecule has 3 fully saturated rings. The fraction of sp³-hybridized carbons (Fsp3) is 0.565. The third kappa shape index (κ3) is 2.69. The van der Waals surface area contributed by atoms with Crippen LogP contribution in [0, 0.1) is 23.7 Å². The van der Waals surface area contributed by atoms with Gasteiger partial charge in [-0.25, -0.2) is 0 Å². The Morgan fingerprint density at radius 1 is 0.839 bits per heavy atom. The van der Waals surface area contributed by atoms with Crippen LogP contribution < -0.4 is 0 Å². The normalized spacial score (nSPS) is 34.3.